The summed E-state index contributed by atoms with van der Waals surface area (Å²) in [5.41, 5.74) is 2.08. The van der Waals surface area contributed by atoms with Gasteiger partial charge in [-0.2, -0.15) is 0 Å². The highest BCUT2D eigenvalue weighted by Gasteiger charge is 2.20. The number of ether oxygens (including phenoxy) is 1. The second kappa shape index (κ2) is 6.90. The molecule has 1 fully saturated rings. The minimum absolute atomic E-state index is 0.803. The van der Waals surface area contributed by atoms with Crippen LogP contribution in [0.3, 0.4) is 0 Å². The Balaban J connectivity index is 1.76. The van der Waals surface area contributed by atoms with E-state index in [1.54, 1.807) is 0 Å². The number of hydrogen-bond acceptors (Lipinski definition) is 3. The summed E-state index contributed by atoms with van der Waals surface area (Å²) in [4.78, 5) is 4.72. The number of benzene rings is 1. The van der Waals surface area contributed by atoms with Crippen molar-refractivity contribution in [3.05, 3.63) is 36.0 Å². The zero-order valence-corrected chi connectivity index (χ0v) is 12.8. The number of nitrogens with zero attached hydrogens (tertiary/aromatic N) is 1. The summed E-state index contributed by atoms with van der Waals surface area (Å²) in [6, 6.07) is 10.3. The van der Waals surface area contributed by atoms with Gasteiger partial charge in [0.05, 0.1) is 17.8 Å². The standard InChI is InChI=1S/C18H24N2O/c1-2-10-19-13-15-12-18(21-11-9-14-7-8-14)16-5-3-4-6-17(16)20-15/h3-6,12,14,19H,2,7-11,13H2,1H3. The van der Waals surface area contributed by atoms with E-state index < -0.39 is 0 Å². The lowest BCUT2D eigenvalue weighted by Gasteiger charge is -2.11. The smallest absolute Gasteiger partial charge is 0.130 e. The van der Waals surface area contributed by atoms with Crippen LogP contribution in [0.2, 0.25) is 0 Å². The molecule has 1 aromatic carbocycles. The number of rotatable bonds is 8. The van der Waals surface area contributed by atoms with E-state index in [4.69, 9.17) is 9.72 Å². The Morgan fingerprint density at radius 1 is 1.29 bits per heavy atom. The Kier molecular flexibility index (Phi) is 4.71. The molecule has 1 aliphatic rings. The van der Waals surface area contributed by atoms with E-state index in [1.807, 2.05) is 12.1 Å². The summed E-state index contributed by atoms with van der Waals surface area (Å²) in [6.07, 6.45) is 5.08. The molecule has 0 saturated heterocycles. The fourth-order valence-corrected chi connectivity index (χ4v) is 2.54. The van der Waals surface area contributed by atoms with E-state index in [-0.39, 0.29) is 0 Å². The number of pyridine rings is 1. The monoisotopic (exact) mass is 284 g/mol. The van der Waals surface area contributed by atoms with Gasteiger partial charge in [-0.1, -0.05) is 31.9 Å². The van der Waals surface area contributed by atoms with Gasteiger partial charge in [-0.15, -0.1) is 0 Å². The largest absolute Gasteiger partial charge is 0.493 e. The Bertz CT molecular complexity index is 593. The van der Waals surface area contributed by atoms with Gasteiger partial charge in [-0.3, -0.25) is 4.98 Å². The first-order valence-corrected chi connectivity index (χ1v) is 8.09. The van der Waals surface area contributed by atoms with Crippen LogP contribution in [0.15, 0.2) is 30.3 Å². The van der Waals surface area contributed by atoms with E-state index in [0.29, 0.717) is 0 Å². The first-order valence-electron chi connectivity index (χ1n) is 8.09. The minimum atomic E-state index is 0.803. The lowest BCUT2D eigenvalue weighted by molar-refractivity contribution is 0.305. The van der Waals surface area contributed by atoms with Crippen LogP contribution >= 0.6 is 0 Å². The molecule has 3 nitrogen and oxygen atoms in total. The van der Waals surface area contributed by atoms with Gasteiger partial charge < -0.3 is 10.1 Å². The molecule has 3 heteroatoms. The van der Waals surface area contributed by atoms with Gasteiger partial charge >= 0.3 is 0 Å². The average molecular weight is 284 g/mol. The predicted octanol–water partition coefficient (Wildman–Crippen LogP) is 3.91. The number of para-hydroxylation sites is 1. The normalized spacial score (nSPS) is 14.5. The van der Waals surface area contributed by atoms with E-state index in [0.717, 1.165) is 54.4 Å². The molecule has 1 saturated carbocycles. The number of nitrogens with one attached hydrogen (secondary N) is 1. The van der Waals surface area contributed by atoms with Crippen molar-refractivity contribution < 1.29 is 4.74 Å². The Morgan fingerprint density at radius 3 is 2.95 bits per heavy atom. The van der Waals surface area contributed by atoms with Crippen LogP contribution in [-0.4, -0.2) is 18.1 Å². The Morgan fingerprint density at radius 2 is 2.14 bits per heavy atom. The van der Waals surface area contributed by atoms with Crippen LogP contribution in [0.25, 0.3) is 10.9 Å². The molecule has 2 aromatic rings. The Hall–Kier alpha value is -1.61. The summed E-state index contributed by atoms with van der Waals surface area (Å²) in [5, 5.41) is 4.53. The van der Waals surface area contributed by atoms with Crippen molar-refractivity contribution in [2.24, 2.45) is 5.92 Å². The maximum Gasteiger partial charge on any atom is 0.130 e. The molecule has 112 valence electrons. The maximum absolute atomic E-state index is 6.05. The third-order valence-corrected chi connectivity index (χ3v) is 3.94. The lowest BCUT2D eigenvalue weighted by atomic mass is 10.1. The zero-order valence-electron chi connectivity index (χ0n) is 12.8. The molecule has 0 aliphatic heterocycles. The van der Waals surface area contributed by atoms with Crippen LogP contribution in [0, 0.1) is 5.92 Å². The van der Waals surface area contributed by atoms with Gasteiger partial charge in [0, 0.05) is 18.0 Å². The molecule has 3 rings (SSSR count). The quantitative estimate of drug-likeness (QED) is 0.746. The second-order valence-electron chi connectivity index (χ2n) is 5.89. The molecule has 0 unspecified atom stereocenters. The number of hydrogen-bond donors (Lipinski definition) is 1. The van der Waals surface area contributed by atoms with Crippen LogP contribution < -0.4 is 10.1 Å². The molecular formula is C18H24N2O. The SMILES string of the molecule is CCCNCc1cc(OCCC2CC2)c2ccccc2n1. The van der Waals surface area contributed by atoms with Crippen molar-refractivity contribution in [3.63, 3.8) is 0 Å². The first kappa shape index (κ1) is 14.3. The van der Waals surface area contributed by atoms with Crippen LogP contribution in [0.4, 0.5) is 0 Å². The van der Waals surface area contributed by atoms with Gasteiger partial charge in [0.15, 0.2) is 0 Å². The molecule has 1 N–H and O–H groups in total. The first-order chi connectivity index (χ1) is 10.4. The predicted molar refractivity (Wildman–Crippen MR) is 86.6 cm³/mol. The molecule has 1 heterocycles. The van der Waals surface area contributed by atoms with Crippen molar-refractivity contribution in [1.29, 1.82) is 0 Å². The lowest BCUT2D eigenvalue weighted by Crippen LogP contribution is -2.15. The highest BCUT2D eigenvalue weighted by molar-refractivity contribution is 5.85. The van der Waals surface area contributed by atoms with Crippen LogP contribution in [0.1, 0.15) is 38.3 Å². The van der Waals surface area contributed by atoms with Crippen molar-refractivity contribution in [1.82, 2.24) is 10.3 Å². The fraction of sp³-hybridized carbons (Fsp3) is 0.500. The number of aromatic nitrogens is 1. The summed E-state index contributed by atoms with van der Waals surface area (Å²) in [7, 11) is 0. The van der Waals surface area contributed by atoms with E-state index in [2.05, 4.69) is 30.4 Å². The highest BCUT2D eigenvalue weighted by atomic mass is 16.5. The summed E-state index contributed by atoms with van der Waals surface area (Å²) in [6.45, 7) is 4.82. The maximum atomic E-state index is 6.05. The van der Waals surface area contributed by atoms with Gasteiger partial charge in [0.2, 0.25) is 0 Å². The van der Waals surface area contributed by atoms with E-state index >= 15 is 0 Å². The third kappa shape index (κ3) is 3.94. The Labute approximate surface area is 126 Å². The van der Waals surface area contributed by atoms with Crippen LogP contribution in [0.5, 0.6) is 5.75 Å². The van der Waals surface area contributed by atoms with Gasteiger partial charge in [-0.05, 0) is 37.4 Å². The molecule has 0 spiro atoms. The van der Waals surface area contributed by atoms with Crippen molar-refractivity contribution >= 4 is 10.9 Å². The topological polar surface area (TPSA) is 34.1 Å². The zero-order chi connectivity index (χ0) is 14.5. The molecule has 0 bridgehead atoms. The molecule has 1 aliphatic carbocycles. The van der Waals surface area contributed by atoms with Crippen molar-refractivity contribution in [2.45, 2.75) is 39.2 Å². The summed E-state index contributed by atoms with van der Waals surface area (Å²) < 4.78 is 6.05. The third-order valence-electron chi connectivity index (χ3n) is 3.94. The van der Waals surface area contributed by atoms with E-state index in [9.17, 15) is 0 Å². The molecule has 0 amide bonds. The molecule has 21 heavy (non-hydrogen) atoms. The second-order valence-corrected chi connectivity index (χ2v) is 5.89. The molecular weight excluding hydrogens is 260 g/mol. The van der Waals surface area contributed by atoms with Crippen molar-refractivity contribution in [2.75, 3.05) is 13.2 Å². The van der Waals surface area contributed by atoms with Crippen molar-refractivity contribution in [3.8, 4) is 5.75 Å². The summed E-state index contributed by atoms with van der Waals surface area (Å²) in [5.74, 6) is 1.89. The number of fused-ring (bicyclic) bond motifs is 1. The highest BCUT2D eigenvalue weighted by Crippen LogP contribution is 2.33. The van der Waals surface area contributed by atoms with Gasteiger partial charge in [0.25, 0.3) is 0 Å². The summed E-state index contributed by atoms with van der Waals surface area (Å²) >= 11 is 0. The van der Waals surface area contributed by atoms with E-state index in [1.165, 1.54) is 19.3 Å². The average Bonchev–Trinajstić information content (AvgIpc) is 3.32. The minimum Gasteiger partial charge on any atom is -0.493 e. The fourth-order valence-electron chi connectivity index (χ4n) is 2.54. The van der Waals surface area contributed by atoms with Gasteiger partial charge in [0.1, 0.15) is 5.75 Å². The van der Waals surface area contributed by atoms with Crippen LogP contribution in [-0.2, 0) is 6.54 Å². The molecule has 0 atom stereocenters. The van der Waals surface area contributed by atoms with Gasteiger partial charge in [-0.25, -0.2) is 0 Å². The molecule has 1 aromatic heterocycles. The molecule has 0 radical (unpaired) electrons.